The summed E-state index contributed by atoms with van der Waals surface area (Å²) in [6.45, 7) is 0.530. The van der Waals surface area contributed by atoms with Gasteiger partial charge in [-0.3, -0.25) is 19.6 Å². The van der Waals surface area contributed by atoms with Crippen LogP contribution >= 0.6 is 0 Å². The molecule has 0 bridgehead atoms. The number of hydrogen-bond donors (Lipinski definition) is 2. The predicted octanol–water partition coefficient (Wildman–Crippen LogP) is 4.81. The molecular formula is C30H26FN5O3. The molecule has 39 heavy (non-hydrogen) atoms. The molecule has 1 aliphatic carbocycles. The smallest absolute Gasteiger partial charge is 0.274 e. The summed E-state index contributed by atoms with van der Waals surface area (Å²) in [5.74, 6) is 0.283. The zero-order chi connectivity index (χ0) is 26.8. The number of nitrogens with one attached hydrogen (secondary N) is 2. The molecule has 0 unspecified atom stereocenters. The van der Waals surface area contributed by atoms with Crippen molar-refractivity contribution in [2.75, 3.05) is 11.9 Å². The fraction of sp³-hybridized carbons (Fsp3) is 0.233. The highest BCUT2D eigenvalue weighted by Gasteiger charge is 2.29. The van der Waals surface area contributed by atoms with Gasteiger partial charge in [-0.25, -0.2) is 9.38 Å². The molecule has 2 aliphatic heterocycles. The van der Waals surface area contributed by atoms with Crippen molar-refractivity contribution in [1.29, 1.82) is 0 Å². The predicted molar refractivity (Wildman–Crippen MR) is 146 cm³/mol. The molecule has 0 saturated heterocycles. The van der Waals surface area contributed by atoms with Crippen LogP contribution in [-0.2, 0) is 16.0 Å². The van der Waals surface area contributed by atoms with Gasteiger partial charge in [0.2, 0.25) is 5.91 Å². The number of ether oxygens (including phenoxy) is 1. The average molecular weight is 524 g/mol. The van der Waals surface area contributed by atoms with E-state index in [0.29, 0.717) is 48.1 Å². The summed E-state index contributed by atoms with van der Waals surface area (Å²) in [5, 5.41) is 5.87. The zero-order valence-electron chi connectivity index (χ0n) is 21.1. The fourth-order valence-corrected chi connectivity index (χ4v) is 4.58. The molecule has 9 heteroatoms. The highest BCUT2D eigenvalue weighted by Crippen LogP contribution is 2.31. The maximum Gasteiger partial charge on any atom is 0.274 e. The van der Waals surface area contributed by atoms with Gasteiger partial charge in [-0.05, 0) is 61.1 Å². The van der Waals surface area contributed by atoms with Gasteiger partial charge in [-0.1, -0.05) is 18.2 Å². The summed E-state index contributed by atoms with van der Waals surface area (Å²) in [6, 6.07) is 13.7. The van der Waals surface area contributed by atoms with Crippen molar-refractivity contribution in [3.8, 4) is 16.9 Å². The van der Waals surface area contributed by atoms with Crippen molar-refractivity contribution in [3.05, 3.63) is 89.8 Å². The molecule has 1 fully saturated rings. The monoisotopic (exact) mass is 523 g/mol. The van der Waals surface area contributed by atoms with Gasteiger partial charge in [0.25, 0.3) is 5.91 Å². The number of rotatable bonds is 6. The number of allylic oxidation sites excluding steroid dienone is 1. The van der Waals surface area contributed by atoms with Gasteiger partial charge in [-0.15, -0.1) is 0 Å². The van der Waals surface area contributed by atoms with Crippen LogP contribution in [0.15, 0.2) is 82.8 Å². The number of aliphatic imine (C=N–C) groups is 2. The highest BCUT2D eigenvalue weighted by atomic mass is 19.1. The van der Waals surface area contributed by atoms with Gasteiger partial charge in [0.05, 0.1) is 11.9 Å². The molecule has 1 saturated carbocycles. The number of halogens is 1. The molecule has 2 N–H and O–H groups in total. The van der Waals surface area contributed by atoms with Gasteiger partial charge < -0.3 is 15.4 Å². The van der Waals surface area contributed by atoms with E-state index in [1.165, 1.54) is 12.1 Å². The lowest BCUT2D eigenvalue weighted by atomic mass is 9.93. The second-order valence-electron chi connectivity index (χ2n) is 9.77. The minimum atomic E-state index is -0.381. The Morgan fingerprint density at radius 1 is 0.949 bits per heavy atom. The van der Waals surface area contributed by atoms with Crippen LogP contribution < -0.4 is 15.4 Å². The maximum atomic E-state index is 13.4. The Bertz CT molecular complexity index is 1560. The van der Waals surface area contributed by atoms with Crippen LogP contribution in [0.25, 0.3) is 11.1 Å². The Morgan fingerprint density at radius 2 is 1.85 bits per heavy atom. The molecule has 3 aromatic rings. The summed E-state index contributed by atoms with van der Waals surface area (Å²) in [4.78, 5) is 38.6. The summed E-state index contributed by atoms with van der Waals surface area (Å²) < 4.78 is 19.1. The van der Waals surface area contributed by atoms with E-state index in [9.17, 15) is 14.0 Å². The van der Waals surface area contributed by atoms with Crippen molar-refractivity contribution in [1.82, 2.24) is 10.3 Å². The number of carbonyl (C=O) groups excluding carboxylic acids is 2. The Morgan fingerprint density at radius 3 is 2.64 bits per heavy atom. The first-order valence-electron chi connectivity index (χ1n) is 13.0. The minimum Gasteiger partial charge on any atom is -0.443 e. The minimum absolute atomic E-state index is 0.0273. The average Bonchev–Trinajstić information content (AvgIpc) is 3.80. The van der Waals surface area contributed by atoms with E-state index in [4.69, 9.17) is 4.74 Å². The summed E-state index contributed by atoms with van der Waals surface area (Å²) in [6.07, 6.45) is 8.53. The number of benzene rings is 2. The topological polar surface area (TPSA) is 105 Å². The maximum absolute atomic E-state index is 13.4. The molecule has 196 valence electrons. The van der Waals surface area contributed by atoms with Gasteiger partial charge in [0.15, 0.2) is 5.90 Å². The number of anilines is 1. The summed E-state index contributed by atoms with van der Waals surface area (Å²) in [7, 11) is 0. The van der Waals surface area contributed by atoms with E-state index >= 15 is 0 Å². The quantitative estimate of drug-likeness (QED) is 0.484. The Kier molecular flexibility index (Phi) is 6.71. The van der Waals surface area contributed by atoms with E-state index in [0.717, 1.165) is 41.5 Å². The van der Waals surface area contributed by atoms with Crippen molar-refractivity contribution in [3.63, 3.8) is 0 Å². The first-order chi connectivity index (χ1) is 19.0. The van der Waals surface area contributed by atoms with Gasteiger partial charge in [-0.2, -0.15) is 0 Å². The molecule has 0 radical (unpaired) electrons. The fourth-order valence-electron chi connectivity index (χ4n) is 4.58. The standard InChI is InChI=1S/C30H26FN5O3/c31-22-2-1-3-25(14-22)39-27-9-8-23(17-34-27)35-30(38)28-26-13-20(7-4-18(26)10-11-33-28)21-12-24(16-32-15-21)36-29(37)19-5-6-19/h1-4,7,12-17,19H,5-6,8-11H2,(H,35,38)(H,36,37). The van der Waals surface area contributed by atoms with E-state index in [1.807, 2.05) is 24.3 Å². The number of aromatic nitrogens is 1. The third-order valence-electron chi connectivity index (χ3n) is 6.80. The van der Waals surface area contributed by atoms with Crippen LogP contribution in [0.2, 0.25) is 0 Å². The van der Waals surface area contributed by atoms with Crippen LogP contribution in [0.1, 0.15) is 36.8 Å². The Hall–Kier alpha value is -4.66. The number of pyridine rings is 1. The number of nitrogens with zero attached hydrogens (tertiary/aromatic N) is 3. The summed E-state index contributed by atoms with van der Waals surface area (Å²) in [5.41, 5.74) is 5.22. The molecule has 3 aliphatic rings. The van der Waals surface area contributed by atoms with Gasteiger partial charge in [0.1, 0.15) is 17.3 Å². The molecular weight excluding hydrogens is 497 g/mol. The second kappa shape index (κ2) is 10.6. The van der Waals surface area contributed by atoms with E-state index in [2.05, 4.69) is 25.6 Å². The van der Waals surface area contributed by atoms with Crippen LogP contribution in [0, 0.1) is 11.7 Å². The van der Waals surface area contributed by atoms with Crippen molar-refractivity contribution >= 4 is 29.1 Å². The van der Waals surface area contributed by atoms with Crippen molar-refractivity contribution in [2.45, 2.75) is 32.1 Å². The molecule has 0 atom stereocenters. The molecule has 8 nitrogen and oxygen atoms in total. The molecule has 0 spiro atoms. The SMILES string of the molecule is O=C(NC1=CN=C(Oc2cccc(F)c2)CC1)C1=NCCc2ccc(-c3cncc(NC(=O)C4CC4)c3)cc21. The first-order valence-corrected chi connectivity index (χ1v) is 13.0. The largest absolute Gasteiger partial charge is 0.443 e. The first kappa shape index (κ1) is 24.7. The van der Waals surface area contributed by atoms with E-state index in [1.54, 1.807) is 30.7 Å². The molecule has 2 amide bonds. The third-order valence-corrected chi connectivity index (χ3v) is 6.80. The second-order valence-corrected chi connectivity index (χ2v) is 9.77. The number of fused-ring (bicyclic) bond motifs is 1. The Labute approximate surface area is 224 Å². The van der Waals surface area contributed by atoms with E-state index < -0.39 is 0 Å². The number of carbonyl (C=O) groups is 2. The highest BCUT2D eigenvalue weighted by molar-refractivity contribution is 6.46. The van der Waals surface area contributed by atoms with Gasteiger partial charge >= 0.3 is 0 Å². The molecule has 6 rings (SSSR count). The zero-order valence-corrected chi connectivity index (χ0v) is 21.1. The number of amides is 2. The normalized spacial score (nSPS) is 16.3. The summed E-state index contributed by atoms with van der Waals surface area (Å²) >= 11 is 0. The lowest BCUT2D eigenvalue weighted by Crippen LogP contribution is -2.34. The Balaban J connectivity index is 1.17. The van der Waals surface area contributed by atoms with Crippen LogP contribution in [0.5, 0.6) is 5.75 Å². The van der Waals surface area contributed by atoms with Crippen LogP contribution in [0.3, 0.4) is 0 Å². The van der Waals surface area contributed by atoms with Gasteiger partial charge in [0, 0.05) is 54.2 Å². The number of hydrogen-bond acceptors (Lipinski definition) is 6. The van der Waals surface area contributed by atoms with E-state index in [-0.39, 0.29) is 23.5 Å². The lowest BCUT2D eigenvalue weighted by Gasteiger charge is -2.20. The molecule has 2 aromatic carbocycles. The van der Waals surface area contributed by atoms with Crippen LogP contribution in [0.4, 0.5) is 10.1 Å². The molecule has 3 heterocycles. The van der Waals surface area contributed by atoms with Crippen LogP contribution in [-0.4, -0.2) is 35.0 Å². The molecule has 1 aromatic heterocycles. The lowest BCUT2D eigenvalue weighted by molar-refractivity contribution is -0.117. The van der Waals surface area contributed by atoms with Crippen molar-refractivity contribution in [2.24, 2.45) is 15.9 Å². The third kappa shape index (κ3) is 5.77. The van der Waals surface area contributed by atoms with Crippen molar-refractivity contribution < 1.29 is 18.7 Å².